The van der Waals surface area contributed by atoms with Gasteiger partial charge >= 0.3 is 0 Å². The Balaban J connectivity index is 1.66. The zero-order chi connectivity index (χ0) is 17.7. The average molecular weight is 348 g/mol. The maximum atomic E-state index is 5.41. The van der Waals surface area contributed by atoms with Gasteiger partial charge in [0.15, 0.2) is 5.96 Å². The second kappa shape index (κ2) is 11.7. The summed E-state index contributed by atoms with van der Waals surface area (Å²) in [6.07, 6.45) is 1.04. The van der Waals surface area contributed by atoms with Gasteiger partial charge in [-0.25, -0.2) is 0 Å². The van der Waals surface area contributed by atoms with Gasteiger partial charge < -0.3 is 20.7 Å². The van der Waals surface area contributed by atoms with Crippen molar-refractivity contribution in [2.45, 2.75) is 26.3 Å². The largest absolute Gasteiger partial charge is 0.385 e. The lowest BCUT2D eigenvalue weighted by atomic mass is 10.2. The predicted molar refractivity (Wildman–Crippen MR) is 105 cm³/mol. The normalized spacial score (nSPS) is 17.1. The topological polar surface area (TPSA) is 60.9 Å². The number of ether oxygens (including phenoxy) is 1. The standard InChI is InChI=1S/C19H33N5O/c1-3-20-19(23-16-17(2)24-12-14-25-15-13-24)22-11-7-10-21-18-8-5-4-6-9-18/h4-6,8-9,17,21H,3,7,10-16H2,1-2H3,(H2,20,22,23). The van der Waals surface area contributed by atoms with Crippen molar-refractivity contribution in [3.63, 3.8) is 0 Å². The van der Waals surface area contributed by atoms with Crippen LogP contribution in [0.2, 0.25) is 0 Å². The Bertz CT molecular complexity index is 488. The summed E-state index contributed by atoms with van der Waals surface area (Å²) in [7, 11) is 0. The summed E-state index contributed by atoms with van der Waals surface area (Å²) >= 11 is 0. The Hall–Kier alpha value is -1.79. The first-order valence-electron chi connectivity index (χ1n) is 9.42. The molecule has 1 unspecified atom stereocenters. The molecule has 6 heteroatoms. The van der Waals surface area contributed by atoms with Crippen molar-refractivity contribution in [2.75, 3.05) is 57.8 Å². The van der Waals surface area contributed by atoms with Crippen molar-refractivity contribution in [2.24, 2.45) is 4.99 Å². The molecule has 6 nitrogen and oxygen atoms in total. The summed E-state index contributed by atoms with van der Waals surface area (Å²) in [6, 6.07) is 10.7. The summed E-state index contributed by atoms with van der Waals surface area (Å²) in [5, 5.41) is 10.2. The van der Waals surface area contributed by atoms with Crippen LogP contribution in [0.15, 0.2) is 35.3 Å². The van der Waals surface area contributed by atoms with E-state index in [4.69, 9.17) is 9.73 Å². The Morgan fingerprint density at radius 2 is 1.92 bits per heavy atom. The molecular weight excluding hydrogens is 314 g/mol. The van der Waals surface area contributed by atoms with Crippen molar-refractivity contribution < 1.29 is 4.74 Å². The quantitative estimate of drug-likeness (QED) is 0.361. The van der Waals surface area contributed by atoms with E-state index in [0.29, 0.717) is 6.04 Å². The fraction of sp³-hybridized carbons (Fsp3) is 0.632. The van der Waals surface area contributed by atoms with E-state index in [1.807, 2.05) is 18.2 Å². The van der Waals surface area contributed by atoms with Crippen molar-refractivity contribution in [1.82, 2.24) is 15.5 Å². The third-order valence-corrected chi connectivity index (χ3v) is 4.28. The third kappa shape index (κ3) is 7.75. The molecule has 1 aliphatic rings. The van der Waals surface area contributed by atoms with Gasteiger partial charge in [-0.05, 0) is 32.4 Å². The monoisotopic (exact) mass is 347 g/mol. The highest BCUT2D eigenvalue weighted by Gasteiger charge is 2.16. The van der Waals surface area contributed by atoms with E-state index < -0.39 is 0 Å². The Kier molecular flexibility index (Phi) is 9.15. The molecule has 0 saturated carbocycles. The molecular formula is C19H33N5O. The SMILES string of the molecule is CCNC(=NCC(C)N1CCOCC1)NCCCNc1ccccc1. The summed E-state index contributed by atoms with van der Waals surface area (Å²) in [4.78, 5) is 7.18. The summed E-state index contributed by atoms with van der Waals surface area (Å²) in [5.74, 6) is 0.905. The minimum absolute atomic E-state index is 0.444. The highest BCUT2D eigenvalue weighted by Crippen LogP contribution is 2.05. The van der Waals surface area contributed by atoms with E-state index in [9.17, 15) is 0 Å². The van der Waals surface area contributed by atoms with E-state index in [2.05, 4.69) is 46.8 Å². The Labute approximate surface area is 152 Å². The highest BCUT2D eigenvalue weighted by atomic mass is 16.5. The molecule has 0 bridgehead atoms. The molecule has 0 amide bonds. The number of rotatable bonds is 9. The van der Waals surface area contributed by atoms with Gasteiger partial charge in [-0.2, -0.15) is 0 Å². The number of guanidine groups is 1. The van der Waals surface area contributed by atoms with Gasteiger partial charge in [-0.1, -0.05) is 18.2 Å². The molecule has 0 spiro atoms. The number of aliphatic imine (C=N–C) groups is 1. The molecule has 1 aromatic carbocycles. The first-order chi connectivity index (χ1) is 12.3. The van der Waals surface area contributed by atoms with Crippen molar-refractivity contribution in [3.05, 3.63) is 30.3 Å². The Morgan fingerprint density at radius 1 is 1.16 bits per heavy atom. The number of para-hydroxylation sites is 1. The minimum Gasteiger partial charge on any atom is -0.385 e. The van der Waals surface area contributed by atoms with Crippen LogP contribution in [0, 0.1) is 0 Å². The summed E-state index contributed by atoms with van der Waals surface area (Å²) in [6.45, 7) is 11.5. The van der Waals surface area contributed by atoms with E-state index in [-0.39, 0.29) is 0 Å². The predicted octanol–water partition coefficient (Wildman–Crippen LogP) is 1.76. The number of hydrogen-bond donors (Lipinski definition) is 3. The lowest BCUT2D eigenvalue weighted by molar-refractivity contribution is 0.0220. The van der Waals surface area contributed by atoms with E-state index in [0.717, 1.165) is 64.9 Å². The molecule has 0 aliphatic carbocycles. The molecule has 1 aliphatic heterocycles. The van der Waals surface area contributed by atoms with Crippen LogP contribution in [0.5, 0.6) is 0 Å². The van der Waals surface area contributed by atoms with Crippen molar-refractivity contribution in [3.8, 4) is 0 Å². The molecule has 140 valence electrons. The average Bonchev–Trinajstić information content (AvgIpc) is 2.67. The number of hydrogen-bond acceptors (Lipinski definition) is 4. The van der Waals surface area contributed by atoms with Gasteiger partial charge in [-0.3, -0.25) is 9.89 Å². The fourth-order valence-electron chi connectivity index (χ4n) is 2.78. The van der Waals surface area contributed by atoms with E-state index >= 15 is 0 Å². The number of nitrogens with one attached hydrogen (secondary N) is 3. The number of anilines is 1. The van der Waals surface area contributed by atoms with Crippen LogP contribution in [-0.2, 0) is 4.74 Å². The number of nitrogens with zero attached hydrogens (tertiary/aromatic N) is 2. The second-order valence-corrected chi connectivity index (χ2v) is 6.29. The molecule has 3 N–H and O–H groups in total. The molecule has 1 saturated heterocycles. The molecule has 1 heterocycles. The second-order valence-electron chi connectivity index (χ2n) is 6.29. The molecule has 0 radical (unpaired) electrons. The van der Waals surface area contributed by atoms with Crippen LogP contribution in [0.1, 0.15) is 20.3 Å². The molecule has 1 atom stereocenters. The Morgan fingerprint density at radius 3 is 2.64 bits per heavy atom. The van der Waals surface area contributed by atoms with Crippen LogP contribution in [0.25, 0.3) is 0 Å². The molecule has 0 aromatic heterocycles. The molecule has 25 heavy (non-hydrogen) atoms. The van der Waals surface area contributed by atoms with Crippen LogP contribution >= 0.6 is 0 Å². The van der Waals surface area contributed by atoms with Gasteiger partial charge in [0.05, 0.1) is 19.8 Å². The van der Waals surface area contributed by atoms with Crippen LogP contribution < -0.4 is 16.0 Å². The van der Waals surface area contributed by atoms with Gasteiger partial charge in [0.1, 0.15) is 0 Å². The lowest BCUT2D eigenvalue weighted by Crippen LogP contribution is -2.44. The van der Waals surface area contributed by atoms with E-state index in [1.54, 1.807) is 0 Å². The maximum Gasteiger partial charge on any atom is 0.191 e. The lowest BCUT2D eigenvalue weighted by Gasteiger charge is -2.31. The summed E-state index contributed by atoms with van der Waals surface area (Å²) < 4.78 is 5.41. The first kappa shape index (κ1) is 19.5. The minimum atomic E-state index is 0.444. The zero-order valence-electron chi connectivity index (χ0n) is 15.6. The van der Waals surface area contributed by atoms with Crippen molar-refractivity contribution >= 4 is 11.6 Å². The van der Waals surface area contributed by atoms with Crippen LogP contribution in [0.3, 0.4) is 0 Å². The fourth-order valence-corrected chi connectivity index (χ4v) is 2.78. The van der Waals surface area contributed by atoms with E-state index in [1.165, 1.54) is 5.69 Å². The number of benzene rings is 1. The smallest absolute Gasteiger partial charge is 0.191 e. The molecule has 1 aromatic rings. The summed E-state index contributed by atoms with van der Waals surface area (Å²) in [5.41, 5.74) is 1.17. The molecule has 2 rings (SSSR count). The maximum absolute atomic E-state index is 5.41. The molecule has 1 fully saturated rings. The zero-order valence-corrected chi connectivity index (χ0v) is 15.6. The highest BCUT2D eigenvalue weighted by molar-refractivity contribution is 5.79. The first-order valence-corrected chi connectivity index (χ1v) is 9.42. The van der Waals surface area contributed by atoms with Crippen LogP contribution in [0.4, 0.5) is 5.69 Å². The third-order valence-electron chi connectivity index (χ3n) is 4.28. The van der Waals surface area contributed by atoms with Crippen LogP contribution in [-0.4, -0.2) is 69.4 Å². The van der Waals surface area contributed by atoms with Gasteiger partial charge in [0.2, 0.25) is 0 Å². The number of morpholine rings is 1. The van der Waals surface area contributed by atoms with Gasteiger partial charge in [0, 0.05) is 44.5 Å². The van der Waals surface area contributed by atoms with Gasteiger partial charge in [0.25, 0.3) is 0 Å². The van der Waals surface area contributed by atoms with Crippen molar-refractivity contribution in [1.29, 1.82) is 0 Å². The van der Waals surface area contributed by atoms with Gasteiger partial charge in [-0.15, -0.1) is 0 Å².